The first-order valence-electron chi connectivity index (χ1n) is 9.26. The maximum absolute atomic E-state index is 11.5. The van der Waals surface area contributed by atoms with E-state index in [0.29, 0.717) is 18.2 Å². The number of halogens is 1. The first kappa shape index (κ1) is 19.8. The van der Waals surface area contributed by atoms with Crippen LogP contribution in [0.4, 0.5) is 0 Å². The van der Waals surface area contributed by atoms with Gasteiger partial charge in [0, 0.05) is 17.9 Å². The highest BCUT2D eigenvalue weighted by Crippen LogP contribution is 2.39. The largest absolute Gasteiger partial charge is 0.497 e. The fourth-order valence-corrected chi connectivity index (χ4v) is 4.65. The highest BCUT2D eigenvalue weighted by molar-refractivity contribution is 9.10. The number of amidine groups is 1. The van der Waals surface area contributed by atoms with Gasteiger partial charge >= 0.3 is 0 Å². The zero-order chi connectivity index (χ0) is 20.6. The Morgan fingerprint density at radius 1 is 1.31 bits per heavy atom. The molecule has 150 valence electrons. The van der Waals surface area contributed by atoms with E-state index in [1.807, 2.05) is 41.3 Å². The molecular formula is C21H21BrN4O2S. The molecule has 0 aliphatic carbocycles. The molecule has 1 amide bonds. The SMILES string of the molecule is COc1ccc(C2(c3cccc(Br)c3)NC(=S)N3CC(NC(C)=O)CN=C32)cc1. The third kappa shape index (κ3) is 3.51. The number of rotatable bonds is 4. The Morgan fingerprint density at radius 3 is 2.72 bits per heavy atom. The fourth-order valence-electron chi connectivity index (χ4n) is 3.94. The van der Waals surface area contributed by atoms with Crippen molar-refractivity contribution in [1.82, 2.24) is 15.5 Å². The minimum Gasteiger partial charge on any atom is -0.497 e. The highest BCUT2D eigenvalue weighted by atomic mass is 79.9. The van der Waals surface area contributed by atoms with Crippen molar-refractivity contribution in [2.24, 2.45) is 4.99 Å². The lowest BCUT2D eigenvalue weighted by atomic mass is 9.81. The average Bonchev–Trinajstić information content (AvgIpc) is 3.01. The van der Waals surface area contributed by atoms with Crippen LogP contribution in [0.1, 0.15) is 18.1 Å². The van der Waals surface area contributed by atoms with Crippen LogP contribution >= 0.6 is 28.1 Å². The molecule has 0 spiro atoms. The predicted octanol–water partition coefficient (Wildman–Crippen LogP) is 2.81. The van der Waals surface area contributed by atoms with Gasteiger partial charge in [-0.15, -0.1) is 0 Å². The van der Waals surface area contributed by atoms with Gasteiger partial charge in [0.05, 0.1) is 19.7 Å². The summed E-state index contributed by atoms with van der Waals surface area (Å²) >= 11 is 9.29. The van der Waals surface area contributed by atoms with Crippen molar-refractivity contribution in [3.63, 3.8) is 0 Å². The summed E-state index contributed by atoms with van der Waals surface area (Å²) in [5.74, 6) is 1.55. The van der Waals surface area contributed by atoms with E-state index in [2.05, 4.69) is 38.7 Å². The van der Waals surface area contributed by atoms with Gasteiger partial charge in [0.15, 0.2) is 5.11 Å². The lowest BCUT2D eigenvalue weighted by molar-refractivity contribution is -0.119. The molecule has 0 radical (unpaired) electrons. The van der Waals surface area contributed by atoms with E-state index < -0.39 is 5.54 Å². The van der Waals surface area contributed by atoms with Crippen LogP contribution in [-0.2, 0) is 10.3 Å². The van der Waals surface area contributed by atoms with E-state index in [1.165, 1.54) is 6.92 Å². The van der Waals surface area contributed by atoms with Crippen LogP contribution in [0.2, 0.25) is 0 Å². The van der Waals surface area contributed by atoms with Crippen molar-refractivity contribution in [3.8, 4) is 5.75 Å². The van der Waals surface area contributed by atoms with Crippen molar-refractivity contribution in [2.75, 3.05) is 20.2 Å². The van der Waals surface area contributed by atoms with Crippen LogP contribution in [0, 0.1) is 0 Å². The number of amides is 1. The lowest BCUT2D eigenvalue weighted by Gasteiger charge is -2.35. The molecule has 2 N–H and O–H groups in total. The highest BCUT2D eigenvalue weighted by Gasteiger charge is 2.51. The molecular weight excluding hydrogens is 452 g/mol. The summed E-state index contributed by atoms with van der Waals surface area (Å²) in [6.45, 7) is 2.60. The summed E-state index contributed by atoms with van der Waals surface area (Å²) in [7, 11) is 1.65. The first-order valence-corrected chi connectivity index (χ1v) is 10.5. The molecule has 0 aromatic heterocycles. The molecule has 2 atom stereocenters. The second-order valence-electron chi connectivity index (χ2n) is 7.09. The minimum absolute atomic E-state index is 0.0693. The molecule has 2 aromatic carbocycles. The Balaban J connectivity index is 1.86. The Morgan fingerprint density at radius 2 is 2.07 bits per heavy atom. The van der Waals surface area contributed by atoms with E-state index in [4.69, 9.17) is 21.9 Å². The number of thiocarbonyl (C=S) groups is 1. The number of nitrogens with zero attached hydrogens (tertiary/aromatic N) is 2. The molecule has 2 aromatic rings. The van der Waals surface area contributed by atoms with Crippen LogP contribution in [0.25, 0.3) is 0 Å². The average molecular weight is 473 g/mol. The molecule has 1 saturated heterocycles. The number of methoxy groups -OCH3 is 1. The lowest BCUT2D eigenvalue weighted by Crippen LogP contribution is -2.52. The van der Waals surface area contributed by atoms with E-state index in [-0.39, 0.29) is 11.9 Å². The number of aliphatic imine (C=N–C) groups is 1. The molecule has 8 heteroatoms. The van der Waals surface area contributed by atoms with Crippen molar-refractivity contribution in [3.05, 3.63) is 64.1 Å². The van der Waals surface area contributed by atoms with Gasteiger partial charge in [-0.1, -0.05) is 40.2 Å². The minimum atomic E-state index is -0.714. The topological polar surface area (TPSA) is 66.0 Å². The van der Waals surface area contributed by atoms with E-state index >= 15 is 0 Å². The third-order valence-corrected chi connectivity index (χ3v) is 6.00. The third-order valence-electron chi connectivity index (χ3n) is 5.18. The summed E-state index contributed by atoms with van der Waals surface area (Å²) in [6, 6.07) is 16.0. The molecule has 2 heterocycles. The normalized spacial score (nSPS) is 23.1. The van der Waals surface area contributed by atoms with Gasteiger partial charge in [0.1, 0.15) is 17.1 Å². The second-order valence-corrected chi connectivity index (χ2v) is 8.39. The van der Waals surface area contributed by atoms with Crippen molar-refractivity contribution in [2.45, 2.75) is 18.5 Å². The number of benzene rings is 2. The van der Waals surface area contributed by atoms with Crippen molar-refractivity contribution >= 4 is 45.0 Å². The summed E-state index contributed by atoms with van der Waals surface area (Å²) in [6.07, 6.45) is 0. The molecule has 29 heavy (non-hydrogen) atoms. The van der Waals surface area contributed by atoms with Crippen molar-refractivity contribution < 1.29 is 9.53 Å². The molecule has 4 rings (SSSR count). The van der Waals surface area contributed by atoms with Crippen molar-refractivity contribution in [1.29, 1.82) is 0 Å². The van der Waals surface area contributed by atoms with Gasteiger partial charge in [-0.2, -0.15) is 0 Å². The van der Waals surface area contributed by atoms with E-state index in [9.17, 15) is 4.79 Å². The molecule has 1 fully saturated rings. The molecule has 2 aliphatic rings. The molecule has 2 unspecified atom stereocenters. The maximum Gasteiger partial charge on any atom is 0.217 e. The van der Waals surface area contributed by atoms with Crippen LogP contribution < -0.4 is 15.4 Å². The van der Waals surface area contributed by atoms with Gasteiger partial charge in [0.25, 0.3) is 0 Å². The standard InChI is InChI=1S/C21H21BrN4O2S/c1-13(27)24-17-11-23-19-21(25-20(29)26(19)12-17,15-4-3-5-16(22)10-15)14-6-8-18(28-2)9-7-14/h3-10,17H,11-12H2,1-2H3,(H,24,27)(H,25,29). The Labute approximate surface area is 183 Å². The number of nitrogens with one attached hydrogen (secondary N) is 2. The molecule has 2 aliphatic heterocycles. The van der Waals surface area contributed by atoms with E-state index in [1.54, 1.807) is 7.11 Å². The number of fused-ring (bicyclic) bond motifs is 1. The number of hydrogen-bond acceptors (Lipinski definition) is 4. The van der Waals surface area contributed by atoms with Gasteiger partial charge in [-0.3, -0.25) is 9.79 Å². The summed E-state index contributed by atoms with van der Waals surface area (Å²) in [4.78, 5) is 18.4. The number of carbonyl (C=O) groups excluding carboxylic acids is 1. The quantitative estimate of drug-likeness (QED) is 0.669. The monoisotopic (exact) mass is 472 g/mol. The molecule has 0 saturated carbocycles. The number of hydrogen-bond donors (Lipinski definition) is 2. The number of ether oxygens (including phenoxy) is 1. The summed E-state index contributed by atoms with van der Waals surface area (Å²) in [5.41, 5.74) is 1.32. The van der Waals surface area contributed by atoms with Crippen LogP contribution in [0.3, 0.4) is 0 Å². The maximum atomic E-state index is 11.5. The molecule has 0 bridgehead atoms. The van der Waals surface area contributed by atoms with Crippen LogP contribution in [0.5, 0.6) is 5.75 Å². The smallest absolute Gasteiger partial charge is 0.217 e. The number of carbonyl (C=O) groups is 1. The summed E-state index contributed by atoms with van der Waals surface area (Å²) in [5, 5.41) is 7.07. The van der Waals surface area contributed by atoms with Crippen LogP contribution in [-0.4, -0.2) is 48.0 Å². The van der Waals surface area contributed by atoms with Gasteiger partial charge in [-0.05, 0) is 47.6 Å². The van der Waals surface area contributed by atoms with Gasteiger partial charge in [0.2, 0.25) is 5.91 Å². The van der Waals surface area contributed by atoms with Gasteiger partial charge < -0.3 is 20.3 Å². The second kappa shape index (κ2) is 7.76. The fraction of sp³-hybridized carbons (Fsp3) is 0.286. The van der Waals surface area contributed by atoms with Crippen LogP contribution in [0.15, 0.2) is 58.0 Å². The Bertz CT molecular complexity index is 994. The predicted molar refractivity (Wildman–Crippen MR) is 120 cm³/mol. The first-order chi connectivity index (χ1) is 13.9. The Kier molecular flexibility index (Phi) is 5.31. The van der Waals surface area contributed by atoms with Gasteiger partial charge in [-0.25, -0.2) is 0 Å². The molecule has 6 nitrogen and oxygen atoms in total. The summed E-state index contributed by atoms with van der Waals surface area (Å²) < 4.78 is 6.31. The zero-order valence-corrected chi connectivity index (χ0v) is 18.5. The zero-order valence-electron chi connectivity index (χ0n) is 16.1. The Hall–Kier alpha value is -2.45. The van der Waals surface area contributed by atoms with E-state index in [0.717, 1.165) is 27.2 Å².